The van der Waals surface area contributed by atoms with Crippen molar-refractivity contribution in [2.24, 2.45) is 0 Å². The number of aromatic nitrogens is 1. The topological polar surface area (TPSA) is 79.4 Å². The SMILES string of the molecule is O=C(CC1SC(=O)N(c2ccccc2)C1=O)Nc1nccs1. The number of rotatable bonds is 4. The highest BCUT2D eigenvalue weighted by atomic mass is 32.2. The number of thiazole rings is 1. The van der Waals surface area contributed by atoms with E-state index >= 15 is 0 Å². The largest absolute Gasteiger partial charge is 0.302 e. The zero-order valence-electron chi connectivity index (χ0n) is 11.3. The fourth-order valence-electron chi connectivity index (χ4n) is 2.02. The molecule has 0 radical (unpaired) electrons. The molecule has 2 aromatic rings. The van der Waals surface area contributed by atoms with Gasteiger partial charge in [-0.2, -0.15) is 0 Å². The van der Waals surface area contributed by atoms with Gasteiger partial charge >= 0.3 is 0 Å². The molecule has 0 bridgehead atoms. The second-order valence-corrected chi connectivity index (χ2v) is 6.52. The van der Waals surface area contributed by atoms with Crippen molar-refractivity contribution in [1.82, 2.24) is 4.98 Å². The highest BCUT2D eigenvalue weighted by Crippen LogP contribution is 2.33. The summed E-state index contributed by atoms with van der Waals surface area (Å²) in [7, 11) is 0. The van der Waals surface area contributed by atoms with E-state index in [-0.39, 0.29) is 23.5 Å². The molecule has 112 valence electrons. The lowest BCUT2D eigenvalue weighted by Gasteiger charge is -2.13. The third-order valence-electron chi connectivity index (χ3n) is 2.99. The number of nitrogens with zero attached hydrogens (tertiary/aromatic N) is 2. The summed E-state index contributed by atoms with van der Waals surface area (Å²) in [6.45, 7) is 0. The summed E-state index contributed by atoms with van der Waals surface area (Å²) in [5.74, 6) is -0.695. The lowest BCUT2D eigenvalue weighted by Crippen LogP contribution is -2.32. The van der Waals surface area contributed by atoms with Crippen LogP contribution in [0.1, 0.15) is 6.42 Å². The van der Waals surface area contributed by atoms with E-state index in [9.17, 15) is 14.4 Å². The molecule has 1 aromatic carbocycles. The molecule has 1 aromatic heterocycles. The van der Waals surface area contributed by atoms with E-state index in [0.29, 0.717) is 10.8 Å². The van der Waals surface area contributed by atoms with Gasteiger partial charge in [0.2, 0.25) is 11.8 Å². The maximum Gasteiger partial charge on any atom is 0.293 e. The van der Waals surface area contributed by atoms with E-state index in [1.165, 1.54) is 11.3 Å². The molecule has 3 rings (SSSR count). The molecule has 0 spiro atoms. The summed E-state index contributed by atoms with van der Waals surface area (Å²) in [5, 5.41) is 3.77. The molecule has 0 saturated carbocycles. The maximum absolute atomic E-state index is 12.3. The number of anilines is 2. The van der Waals surface area contributed by atoms with Gasteiger partial charge in [0.25, 0.3) is 5.24 Å². The second kappa shape index (κ2) is 6.29. The molecule has 1 unspecified atom stereocenters. The smallest absolute Gasteiger partial charge is 0.293 e. The number of carbonyl (C=O) groups excluding carboxylic acids is 3. The molecule has 1 N–H and O–H groups in total. The van der Waals surface area contributed by atoms with Crippen LogP contribution >= 0.6 is 23.1 Å². The van der Waals surface area contributed by atoms with Gasteiger partial charge in [-0.15, -0.1) is 11.3 Å². The number of amides is 3. The number of hydrogen-bond acceptors (Lipinski definition) is 6. The average Bonchev–Trinajstić information content (AvgIpc) is 3.09. The standard InChI is InChI=1S/C14H11N3O3S2/c18-11(16-13-15-6-7-21-13)8-10-12(19)17(14(20)22-10)9-4-2-1-3-5-9/h1-7,10H,8H2,(H,15,16,18). The molecular weight excluding hydrogens is 322 g/mol. The van der Waals surface area contributed by atoms with Gasteiger partial charge in [0.15, 0.2) is 5.13 Å². The van der Waals surface area contributed by atoms with Gasteiger partial charge in [0, 0.05) is 18.0 Å². The zero-order chi connectivity index (χ0) is 15.5. The first-order chi connectivity index (χ1) is 10.6. The van der Waals surface area contributed by atoms with Crippen LogP contribution in [-0.4, -0.2) is 27.3 Å². The molecule has 1 aliphatic rings. The minimum Gasteiger partial charge on any atom is -0.302 e. The highest BCUT2D eigenvalue weighted by molar-refractivity contribution is 8.15. The quantitative estimate of drug-likeness (QED) is 0.930. The van der Waals surface area contributed by atoms with Crippen LogP contribution in [0.15, 0.2) is 41.9 Å². The monoisotopic (exact) mass is 333 g/mol. The maximum atomic E-state index is 12.3. The molecule has 0 aliphatic carbocycles. The van der Waals surface area contributed by atoms with Crippen molar-refractivity contribution in [2.45, 2.75) is 11.7 Å². The Balaban J connectivity index is 1.68. The van der Waals surface area contributed by atoms with E-state index in [4.69, 9.17) is 0 Å². The number of carbonyl (C=O) groups is 3. The third-order valence-corrected chi connectivity index (χ3v) is 4.71. The van der Waals surface area contributed by atoms with Gasteiger partial charge in [-0.3, -0.25) is 14.4 Å². The van der Waals surface area contributed by atoms with Crippen molar-refractivity contribution in [3.63, 3.8) is 0 Å². The Labute approximate surface area is 134 Å². The van der Waals surface area contributed by atoms with Crippen molar-refractivity contribution in [3.8, 4) is 0 Å². The average molecular weight is 333 g/mol. The summed E-state index contributed by atoms with van der Waals surface area (Å²) in [5.41, 5.74) is 0.521. The van der Waals surface area contributed by atoms with Gasteiger partial charge in [-0.1, -0.05) is 18.2 Å². The highest BCUT2D eigenvalue weighted by Gasteiger charge is 2.41. The van der Waals surface area contributed by atoms with Gasteiger partial charge in [-0.25, -0.2) is 9.88 Å². The summed E-state index contributed by atoms with van der Waals surface area (Å²) >= 11 is 2.17. The summed E-state index contributed by atoms with van der Waals surface area (Å²) < 4.78 is 0. The molecule has 6 nitrogen and oxygen atoms in total. The predicted molar refractivity (Wildman–Crippen MR) is 86.1 cm³/mol. The lowest BCUT2D eigenvalue weighted by atomic mass is 10.2. The van der Waals surface area contributed by atoms with Crippen LogP contribution in [-0.2, 0) is 9.59 Å². The van der Waals surface area contributed by atoms with Gasteiger partial charge in [0.1, 0.15) is 5.25 Å². The number of benzene rings is 1. The Morgan fingerprint density at radius 1 is 1.27 bits per heavy atom. The third kappa shape index (κ3) is 3.02. The van der Waals surface area contributed by atoms with E-state index in [1.807, 2.05) is 0 Å². The Bertz CT molecular complexity index is 703. The van der Waals surface area contributed by atoms with Crippen LogP contribution in [0.25, 0.3) is 0 Å². The number of thioether (sulfide) groups is 1. The molecule has 22 heavy (non-hydrogen) atoms. The van der Waals surface area contributed by atoms with Gasteiger partial charge < -0.3 is 5.32 Å². The summed E-state index contributed by atoms with van der Waals surface area (Å²) in [6, 6.07) is 8.69. The molecule has 1 fully saturated rings. The van der Waals surface area contributed by atoms with Crippen molar-refractivity contribution in [3.05, 3.63) is 41.9 Å². The molecular formula is C14H11N3O3S2. The molecule has 1 aliphatic heterocycles. The minimum absolute atomic E-state index is 0.0574. The summed E-state index contributed by atoms with van der Waals surface area (Å²) in [4.78, 5) is 41.3. The lowest BCUT2D eigenvalue weighted by molar-refractivity contribution is -0.121. The van der Waals surface area contributed by atoms with E-state index < -0.39 is 5.25 Å². The molecule has 1 saturated heterocycles. The Morgan fingerprint density at radius 2 is 2.05 bits per heavy atom. The number of nitrogens with one attached hydrogen (secondary N) is 1. The van der Waals surface area contributed by atoms with E-state index in [0.717, 1.165) is 16.7 Å². The van der Waals surface area contributed by atoms with E-state index in [2.05, 4.69) is 10.3 Å². The van der Waals surface area contributed by atoms with Crippen LogP contribution in [0.2, 0.25) is 0 Å². The molecule has 8 heteroatoms. The molecule has 2 heterocycles. The van der Waals surface area contributed by atoms with Crippen molar-refractivity contribution in [2.75, 3.05) is 10.2 Å². The molecule has 3 amide bonds. The van der Waals surface area contributed by atoms with Gasteiger partial charge in [0.05, 0.1) is 5.69 Å². The predicted octanol–water partition coefficient (Wildman–Crippen LogP) is 2.74. The summed E-state index contributed by atoms with van der Waals surface area (Å²) in [6.07, 6.45) is 1.52. The first-order valence-corrected chi connectivity index (χ1v) is 8.20. The normalized spacial score (nSPS) is 17.8. The fourth-order valence-corrected chi connectivity index (χ4v) is 3.55. The zero-order valence-corrected chi connectivity index (χ0v) is 12.9. The Hall–Kier alpha value is -2.19. The van der Waals surface area contributed by atoms with Crippen LogP contribution in [0.4, 0.5) is 15.6 Å². The van der Waals surface area contributed by atoms with Crippen LogP contribution in [0.3, 0.4) is 0 Å². The first kappa shape index (κ1) is 14.7. The number of hydrogen-bond donors (Lipinski definition) is 1. The van der Waals surface area contributed by atoms with Crippen LogP contribution in [0.5, 0.6) is 0 Å². The van der Waals surface area contributed by atoms with Crippen LogP contribution in [0, 0.1) is 0 Å². The van der Waals surface area contributed by atoms with Gasteiger partial charge in [-0.05, 0) is 23.9 Å². The van der Waals surface area contributed by atoms with Crippen molar-refractivity contribution in [1.29, 1.82) is 0 Å². The minimum atomic E-state index is -0.701. The number of imide groups is 1. The first-order valence-electron chi connectivity index (χ1n) is 6.44. The van der Waals surface area contributed by atoms with Crippen LogP contribution < -0.4 is 10.2 Å². The number of para-hydroxylation sites is 1. The Kier molecular flexibility index (Phi) is 4.21. The van der Waals surface area contributed by atoms with Crippen molar-refractivity contribution >= 4 is 51.0 Å². The van der Waals surface area contributed by atoms with E-state index in [1.54, 1.807) is 41.9 Å². The fraction of sp³-hybridized carbons (Fsp3) is 0.143. The Morgan fingerprint density at radius 3 is 2.73 bits per heavy atom. The molecule has 1 atom stereocenters. The van der Waals surface area contributed by atoms with Crippen molar-refractivity contribution < 1.29 is 14.4 Å². The second-order valence-electron chi connectivity index (χ2n) is 4.47.